The number of benzene rings is 2. The molecule has 9 N–H and O–H groups in total. The molecule has 0 radical (unpaired) electrons. The van der Waals surface area contributed by atoms with Crippen molar-refractivity contribution in [3.05, 3.63) is 35.4 Å². The number of aliphatic hydroxyl groups is 4. The average Bonchev–Trinajstić information content (AvgIpc) is 2.78. The summed E-state index contributed by atoms with van der Waals surface area (Å²) < 4.78 is 16.6. The third kappa shape index (κ3) is 3.94. The summed E-state index contributed by atoms with van der Waals surface area (Å²) in [5.74, 6) is -4.65. The number of carbonyl (C=O) groups excluding carboxylic acids is 1. The first-order valence-electron chi connectivity index (χ1n) is 10.0. The van der Waals surface area contributed by atoms with Gasteiger partial charge in [0, 0.05) is 17.7 Å². The highest BCUT2D eigenvalue weighted by Crippen LogP contribution is 2.46. The maximum atomic E-state index is 13.3. The third-order valence-electron chi connectivity index (χ3n) is 5.65. The summed E-state index contributed by atoms with van der Waals surface area (Å²) in [5, 5.41) is 89.2. The number of Topliss-reactive ketones (excluding diaryl/α,β-unsaturated/α-hetero) is 1. The van der Waals surface area contributed by atoms with Crippen molar-refractivity contribution in [2.75, 3.05) is 6.61 Å². The topological polar surface area (TPSA) is 227 Å². The normalized spacial score (nSPS) is 31.1. The molecule has 2 aliphatic rings. The molecule has 184 valence electrons. The molecular formula is C21H22O13. The molecule has 1 saturated heterocycles. The molecule has 2 aliphatic heterocycles. The number of phenols is 5. The second kappa shape index (κ2) is 8.79. The largest absolute Gasteiger partial charge is 0.508 e. The predicted molar refractivity (Wildman–Crippen MR) is 108 cm³/mol. The first-order chi connectivity index (χ1) is 16.0. The molecule has 0 amide bonds. The van der Waals surface area contributed by atoms with Gasteiger partial charge in [-0.3, -0.25) is 4.79 Å². The van der Waals surface area contributed by atoms with E-state index in [2.05, 4.69) is 0 Å². The maximum absolute atomic E-state index is 13.3. The van der Waals surface area contributed by atoms with E-state index < -0.39 is 89.6 Å². The summed E-state index contributed by atoms with van der Waals surface area (Å²) in [7, 11) is 0. The number of ketones is 1. The lowest BCUT2D eigenvalue weighted by Gasteiger charge is -2.42. The number of ether oxygens (including phenoxy) is 3. The molecule has 34 heavy (non-hydrogen) atoms. The van der Waals surface area contributed by atoms with Crippen molar-refractivity contribution in [1.29, 1.82) is 0 Å². The number of carbonyl (C=O) groups is 1. The highest BCUT2D eigenvalue weighted by Gasteiger charge is 2.49. The van der Waals surface area contributed by atoms with Crippen molar-refractivity contribution in [2.24, 2.45) is 0 Å². The summed E-state index contributed by atoms with van der Waals surface area (Å²) in [6.07, 6.45) is -11.7. The predicted octanol–water partition coefficient (Wildman–Crippen LogP) is -1.28. The minimum Gasteiger partial charge on any atom is -0.508 e. The fraction of sp³-hybridized carbons (Fsp3) is 0.381. The van der Waals surface area contributed by atoms with E-state index in [1.54, 1.807) is 0 Å². The number of aromatic hydroxyl groups is 5. The molecule has 13 heteroatoms. The second-order valence-corrected chi connectivity index (χ2v) is 7.90. The number of aliphatic hydroxyl groups excluding tert-OH is 4. The lowest BCUT2D eigenvalue weighted by atomic mass is 9.91. The lowest BCUT2D eigenvalue weighted by molar-refractivity contribution is -0.311. The van der Waals surface area contributed by atoms with Crippen LogP contribution in [0.1, 0.15) is 22.0 Å². The Morgan fingerprint density at radius 2 is 1.50 bits per heavy atom. The summed E-state index contributed by atoms with van der Waals surface area (Å²) in [6.45, 7) is -0.758. The molecule has 0 aliphatic carbocycles. The van der Waals surface area contributed by atoms with E-state index in [9.17, 15) is 50.8 Å². The van der Waals surface area contributed by atoms with E-state index in [4.69, 9.17) is 14.2 Å². The highest BCUT2D eigenvalue weighted by atomic mass is 16.7. The Balaban J connectivity index is 1.77. The molecule has 0 aromatic heterocycles. The molecule has 0 bridgehead atoms. The minimum absolute atomic E-state index is 0.0933. The SMILES string of the molecule is O=C1c2c(O)cc(O)cc2O[C@@H](c2cc(O)c(O)c(O)c2)[C@H]1O[C@@H]1O[C@H](CO)[C@H](O)[C@H](O)[C@H]1O. The zero-order chi connectivity index (χ0) is 24.9. The minimum atomic E-state index is -1.87. The first-order valence-corrected chi connectivity index (χ1v) is 10.0. The van der Waals surface area contributed by atoms with Gasteiger partial charge in [0.25, 0.3) is 0 Å². The Hall–Kier alpha value is -3.33. The Bertz CT molecular complexity index is 1080. The molecule has 0 unspecified atom stereocenters. The Morgan fingerprint density at radius 3 is 2.12 bits per heavy atom. The van der Waals surface area contributed by atoms with E-state index in [-0.39, 0.29) is 11.3 Å². The third-order valence-corrected chi connectivity index (χ3v) is 5.65. The lowest BCUT2D eigenvalue weighted by Crippen LogP contribution is -2.60. The first kappa shape index (κ1) is 23.8. The van der Waals surface area contributed by atoms with Gasteiger partial charge in [0.1, 0.15) is 47.2 Å². The van der Waals surface area contributed by atoms with Crippen LogP contribution >= 0.6 is 0 Å². The van der Waals surface area contributed by atoms with Gasteiger partial charge in [-0.1, -0.05) is 0 Å². The monoisotopic (exact) mass is 482 g/mol. The van der Waals surface area contributed by atoms with Crippen LogP contribution in [0.25, 0.3) is 0 Å². The molecule has 2 aromatic carbocycles. The molecule has 4 rings (SSSR count). The van der Waals surface area contributed by atoms with Gasteiger partial charge >= 0.3 is 0 Å². The van der Waals surface area contributed by atoms with Gasteiger partial charge in [-0.15, -0.1) is 0 Å². The molecular weight excluding hydrogens is 460 g/mol. The maximum Gasteiger partial charge on any atom is 0.203 e. The van der Waals surface area contributed by atoms with Crippen LogP contribution in [-0.2, 0) is 9.47 Å². The van der Waals surface area contributed by atoms with Crippen LogP contribution in [0.3, 0.4) is 0 Å². The van der Waals surface area contributed by atoms with Gasteiger partial charge in [0.05, 0.1) is 6.61 Å². The van der Waals surface area contributed by atoms with Crippen LogP contribution in [0, 0.1) is 0 Å². The molecule has 2 heterocycles. The van der Waals surface area contributed by atoms with E-state index in [1.165, 1.54) is 0 Å². The van der Waals surface area contributed by atoms with Gasteiger partial charge in [-0.05, 0) is 12.1 Å². The summed E-state index contributed by atoms with van der Waals surface area (Å²) in [6, 6.07) is 3.84. The summed E-state index contributed by atoms with van der Waals surface area (Å²) in [4.78, 5) is 13.3. The number of phenolic OH excluding ortho intramolecular Hbond substituents is 5. The number of hydrogen-bond donors (Lipinski definition) is 9. The molecule has 7 atom stereocenters. The molecule has 1 fully saturated rings. The zero-order valence-electron chi connectivity index (χ0n) is 17.2. The van der Waals surface area contributed by atoms with Crippen molar-refractivity contribution in [3.63, 3.8) is 0 Å². The standard InChI is InChI=1S/C21H22O13/c22-5-12-15(28)17(30)18(31)21(33-12)34-20-16(29)13-8(24)3-7(23)4-11(13)32-19(20)6-1-9(25)14(27)10(26)2-6/h1-4,12,15,17-28,30-31H,5H2/t12-,15+,17+,18-,19+,20+,21+/m1/s1. The van der Waals surface area contributed by atoms with Crippen LogP contribution < -0.4 is 4.74 Å². The summed E-state index contributed by atoms with van der Waals surface area (Å²) >= 11 is 0. The molecule has 2 aromatic rings. The fourth-order valence-corrected chi connectivity index (χ4v) is 3.90. The van der Waals surface area contributed by atoms with Gasteiger partial charge in [-0.2, -0.15) is 0 Å². The van der Waals surface area contributed by atoms with Gasteiger partial charge in [0.2, 0.25) is 5.78 Å². The quantitative estimate of drug-likeness (QED) is 0.232. The van der Waals surface area contributed by atoms with Crippen LogP contribution in [0.4, 0.5) is 0 Å². The van der Waals surface area contributed by atoms with E-state index in [0.29, 0.717) is 0 Å². The van der Waals surface area contributed by atoms with Gasteiger partial charge < -0.3 is 60.2 Å². The average molecular weight is 482 g/mol. The number of hydrogen-bond acceptors (Lipinski definition) is 13. The fourth-order valence-electron chi connectivity index (χ4n) is 3.90. The molecule has 13 nitrogen and oxygen atoms in total. The molecule has 0 saturated carbocycles. The van der Waals surface area contributed by atoms with Crippen LogP contribution in [0.5, 0.6) is 34.5 Å². The van der Waals surface area contributed by atoms with Gasteiger partial charge in [-0.25, -0.2) is 0 Å². The molecule has 0 spiro atoms. The van der Waals surface area contributed by atoms with E-state index in [0.717, 1.165) is 24.3 Å². The Labute approximate surface area is 190 Å². The zero-order valence-corrected chi connectivity index (χ0v) is 17.2. The van der Waals surface area contributed by atoms with Crippen LogP contribution in [0.2, 0.25) is 0 Å². The smallest absolute Gasteiger partial charge is 0.203 e. The Kier molecular flexibility index (Phi) is 6.16. The van der Waals surface area contributed by atoms with Gasteiger partial charge in [0.15, 0.2) is 35.7 Å². The van der Waals surface area contributed by atoms with Crippen molar-refractivity contribution < 1.29 is 65.0 Å². The van der Waals surface area contributed by atoms with Crippen molar-refractivity contribution in [1.82, 2.24) is 0 Å². The van der Waals surface area contributed by atoms with Crippen LogP contribution in [0.15, 0.2) is 24.3 Å². The Morgan fingerprint density at radius 1 is 0.853 bits per heavy atom. The number of fused-ring (bicyclic) bond motifs is 1. The second-order valence-electron chi connectivity index (χ2n) is 7.90. The van der Waals surface area contributed by atoms with E-state index in [1.807, 2.05) is 0 Å². The van der Waals surface area contributed by atoms with Crippen molar-refractivity contribution >= 4 is 5.78 Å². The summed E-state index contributed by atoms with van der Waals surface area (Å²) in [5.41, 5.74) is -0.486. The van der Waals surface area contributed by atoms with Crippen molar-refractivity contribution in [2.45, 2.75) is 42.9 Å². The highest BCUT2D eigenvalue weighted by molar-refractivity contribution is 6.05. The number of rotatable bonds is 4. The van der Waals surface area contributed by atoms with Crippen LogP contribution in [-0.4, -0.2) is 95.2 Å². The van der Waals surface area contributed by atoms with Crippen molar-refractivity contribution in [3.8, 4) is 34.5 Å². The van der Waals surface area contributed by atoms with E-state index >= 15 is 0 Å².